The smallest absolute Gasteiger partial charge is 0.129 e. The maximum atomic E-state index is 7.91. The summed E-state index contributed by atoms with van der Waals surface area (Å²) in [5, 5.41) is 11.4. The van der Waals surface area contributed by atoms with Crippen LogP contribution >= 0.6 is 9.21 Å². The van der Waals surface area contributed by atoms with E-state index in [0.29, 0.717) is 5.71 Å². The van der Waals surface area contributed by atoms with Crippen LogP contribution < -0.4 is 10.1 Å². The second-order valence-electron chi connectivity index (χ2n) is 8.52. The minimum Gasteiger partial charge on any atom is -0.482 e. The van der Waals surface area contributed by atoms with Crippen molar-refractivity contribution >= 4 is 32.2 Å². The van der Waals surface area contributed by atoms with Crippen LogP contribution in [0.5, 0.6) is 5.75 Å². The van der Waals surface area contributed by atoms with Crippen molar-refractivity contribution in [1.29, 1.82) is 5.41 Å². The van der Waals surface area contributed by atoms with Gasteiger partial charge in [0, 0.05) is 17.7 Å². The fraction of sp³-hybridized carbons (Fsp3) is 0.346. The Morgan fingerprint density at radius 3 is 2.60 bits per heavy atom. The molecule has 2 N–H and O–H groups in total. The fourth-order valence-electron chi connectivity index (χ4n) is 4.28. The van der Waals surface area contributed by atoms with Crippen molar-refractivity contribution in [2.75, 3.05) is 18.8 Å². The summed E-state index contributed by atoms with van der Waals surface area (Å²) in [4.78, 5) is 1.21. The van der Waals surface area contributed by atoms with E-state index in [2.05, 4.69) is 60.4 Å². The maximum Gasteiger partial charge on any atom is 0.129 e. The van der Waals surface area contributed by atoms with Crippen molar-refractivity contribution in [2.24, 2.45) is 0 Å². The van der Waals surface area contributed by atoms with Crippen LogP contribution in [0.1, 0.15) is 49.8 Å². The fourth-order valence-corrected chi connectivity index (χ4v) is 5.34. The zero-order chi connectivity index (χ0) is 21.4. The lowest BCUT2D eigenvalue weighted by atomic mass is 9.84. The van der Waals surface area contributed by atoms with E-state index >= 15 is 0 Å². The predicted octanol–water partition coefficient (Wildman–Crippen LogP) is 5.46. The highest BCUT2D eigenvalue weighted by Gasteiger charge is 2.36. The van der Waals surface area contributed by atoms with Crippen LogP contribution in [0.25, 0.3) is 5.57 Å². The molecule has 1 atom stereocenters. The Morgan fingerprint density at radius 1 is 1.13 bits per heavy atom. The highest BCUT2D eigenvalue weighted by atomic mass is 32.2. The van der Waals surface area contributed by atoms with Gasteiger partial charge in [0.25, 0.3) is 0 Å². The van der Waals surface area contributed by atoms with E-state index in [1.807, 2.05) is 19.1 Å². The van der Waals surface area contributed by atoms with E-state index in [9.17, 15) is 0 Å². The molecule has 0 aliphatic carbocycles. The molecule has 0 bridgehead atoms. The largest absolute Gasteiger partial charge is 0.482 e. The van der Waals surface area contributed by atoms with Gasteiger partial charge in [-0.15, -0.1) is 0 Å². The Balaban J connectivity index is 1.87. The average molecular weight is 421 g/mol. The van der Waals surface area contributed by atoms with Crippen LogP contribution in [0.2, 0.25) is 0 Å². The van der Waals surface area contributed by atoms with Gasteiger partial charge in [-0.2, -0.15) is 9.21 Å². The Kier molecular flexibility index (Phi) is 5.65. The summed E-state index contributed by atoms with van der Waals surface area (Å²) in [5.74, 6) is 10.7. The van der Waals surface area contributed by atoms with Gasteiger partial charge in [-0.25, -0.2) is 0 Å². The molecule has 30 heavy (non-hydrogen) atoms. The van der Waals surface area contributed by atoms with Crippen molar-refractivity contribution in [3.05, 3.63) is 65.2 Å². The highest BCUT2D eigenvalue weighted by Crippen LogP contribution is 2.45. The van der Waals surface area contributed by atoms with E-state index in [1.54, 1.807) is 0 Å². The molecule has 2 aliphatic rings. The highest BCUT2D eigenvalue weighted by molar-refractivity contribution is 8.27. The summed E-state index contributed by atoms with van der Waals surface area (Å²) in [6.07, 6.45) is 5.43. The Morgan fingerprint density at radius 2 is 1.90 bits per heavy atom. The van der Waals surface area contributed by atoms with E-state index < -0.39 is 9.21 Å². The van der Waals surface area contributed by atoms with Gasteiger partial charge in [-0.3, -0.25) is 0 Å². The molecule has 0 aromatic heterocycles. The third-order valence-corrected chi connectivity index (χ3v) is 8.68. The first kappa shape index (κ1) is 21.0. The van der Waals surface area contributed by atoms with Gasteiger partial charge in [-0.05, 0) is 84.5 Å². The molecular formula is C26H32N2OS. The minimum atomic E-state index is -1.32. The van der Waals surface area contributed by atoms with Gasteiger partial charge >= 0.3 is 0 Å². The van der Waals surface area contributed by atoms with Crippen molar-refractivity contribution in [2.45, 2.75) is 43.6 Å². The van der Waals surface area contributed by atoms with Gasteiger partial charge in [0.2, 0.25) is 0 Å². The first-order valence-corrected chi connectivity index (χ1v) is 12.9. The molecule has 3 nitrogen and oxygen atoms in total. The van der Waals surface area contributed by atoms with Gasteiger partial charge in [-0.1, -0.05) is 42.9 Å². The third kappa shape index (κ3) is 3.99. The van der Waals surface area contributed by atoms with E-state index in [0.717, 1.165) is 55.0 Å². The molecule has 0 radical (unpaired) electrons. The van der Waals surface area contributed by atoms with Crippen LogP contribution in [0.3, 0.4) is 0 Å². The first-order valence-electron chi connectivity index (χ1n) is 10.7. The topological polar surface area (TPSA) is 45.1 Å². The summed E-state index contributed by atoms with van der Waals surface area (Å²) in [6.45, 7) is 5.99. The van der Waals surface area contributed by atoms with Crippen LogP contribution in [0, 0.1) is 5.41 Å². The molecule has 2 aromatic carbocycles. The lowest BCUT2D eigenvalue weighted by Gasteiger charge is -2.37. The lowest BCUT2D eigenvalue weighted by Crippen LogP contribution is -2.37. The predicted molar refractivity (Wildman–Crippen MR) is 133 cm³/mol. The molecule has 1 saturated heterocycles. The normalized spacial score (nSPS) is 21.3. The Labute approximate surface area is 181 Å². The molecule has 4 rings (SSSR count). The first-order chi connectivity index (χ1) is 14.3. The van der Waals surface area contributed by atoms with Gasteiger partial charge in [0.05, 0.1) is 0 Å². The van der Waals surface area contributed by atoms with Crippen LogP contribution in [0.4, 0.5) is 0 Å². The molecular weight excluding hydrogens is 388 g/mol. The van der Waals surface area contributed by atoms with Crippen molar-refractivity contribution in [3.8, 4) is 5.75 Å². The number of nitrogens with one attached hydrogen (secondary N) is 2. The standard InChI is InChI=1S/C26H32N2OS/c1-5-30(3,4)22-11-12-25-23(17-22)24(21-9-7-20(8-10-21)19(2)27)18-26(29-25)13-6-15-28-16-14-26/h7-12,17-18,27-28H,3-6,13-16H2,1-2H3. The third-order valence-electron chi connectivity index (χ3n) is 6.32. The number of fused-ring (bicyclic) bond motifs is 1. The van der Waals surface area contributed by atoms with Crippen LogP contribution in [0.15, 0.2) is 53.4 Å². The molecule has 0 amide bonds. The molecule has 2 aliphatic heterocycles. The lowest BCUT2D eigenvalue weighted by molar-refractivity contribution is 0.103. The average Bonchev–Trinajstić information content (AvgIpc) is 2.98. The van der Waals surface area contributed by atoms with Gasteiger partial charge in [0.15, 0.2) is 0 Å². The van der Waals surface area contributed by atoms with Crippen molar-refractivity contribution in [3.63, 3.8) is 0 Å². The summed E-state index contributed by atoms with van der Waals surface area (Å²) in [7, 11) is -1.32. The Hall–Kier alpha value is -2.30. The second-order valence-corrected chi connectivity index (χ2v) is 11.7. The molecule has 1 spiro atoms. The summed E-state index contributed by atoms with van der Waals surface area (Å²) < 4.78 is 6.67. The molecule has 158 valence electrons. The van der Waals surface area contributed by atoms with Gasteiger partial charge < -0.3 is 15.5 Å². The second kappa shape index (κ2) is 8.09. The monoisotopic (exact) mass is 420 g/mol. The molecule has 0 saturated carbocycles. The molecule has 1 fully saturated rings. The molecule has 2 heterocycles. The SMILES string of the molecule is C=S(=C)(CC)c1ccc2c(c1)C(c1ccc(C(C)=N)cc1)=CC1(CCCNCC1)O2. The number of ether oxygens (including phenoxy) is 1. The zero-order valence-corrected chi connectivity index (χ0v) is 18.9. The summed E-state index contributed by atoms with van der Waals surface area (Å²) >= 11 is 0. The Bertz CT molecular complexity index is 1090. The number of rotatable bonds is 4. The minimum absolute atomic E-state index is 0.271. The van der Waals surface area contributed by atoms with Crippen LogP contribution in [-0.2, 0) is 0 Å². The number of benzene rings is 2. The maximum absolute atomic E-state index is 7.91. The molecule has 2 aromatic rings. The molecule has 4 heteroatoms. The van der Waals surface area contributed by atoms with Crippen molar-refractivity contribution in [1.82, 2.24) is 5.32 Å². The zero-order valence-electron chi connectivity index (χ0n) is 18.1. The van der Waals surface area contributed by atoms with Crippen molar-refractivity contribution < 1.29 is 4.74 Å². The molecule has 1 unspecified atom stereocenters. The summed E-state index contributed by atoms with van der Waals surface area (Å²) in [6, 6.07) is 14.9. The van der Waals surface area contributed by atoms with Crippen LogP contribution in [-0.4, -0.2) is 41.9 Å². The van der Waals surface area contributed by atoms with E-state index in [4.69, 9.17) is 10.1 Å². The van der Waals surface area contributed by atoms with Gasteiger partial charge in [0.1, 0.15) is 11.4 Å². The van der Waals surface area contributed by atoms with E-state index in [1.165, 1.54) is 16.0 Å². The van der Waals surface area contributed by atoms with E-state index in [-0.39, 0.29) is 5.60 Å². The summed E-state index contributed by atoms with van der Waals surface area (Å²) in [5.41, 5.74) is 4.80. The number of hydrogen-bond acceptors (Lipinski definition) is 3. The number of hydrogen-bond donors (Lipinski definition) is 2. The quantitative estimate of drug-likeness (QED) is 0.510.